The van der Waals surface area contributed by atoms with Gasteiger partial charge >= 0.3 is 0 Å². The zero-order valence-electron chi connectivity index (χ0n) is 11.1. The van der Waals surface area contributed by atoms with Gasteiger partial charge in [-0.2, -0.15) is 9.40 Å². The van der Waals surface area contributed by atoms with Gasteiger partial charge in [0.15, 0.2) is 5.03 Å². The van der Waals surface area contributed by atoms with Crippen LogP contribution < -0.4 is 5.73 Å². The van der Waals surface area contributed by atoms with Crippen molar-refractivity contribution in [1.29, 1.82) is 0 Å². The van der Waals surface area contributed by atoms with Crippen molar-refractivity contribution in [3.05, 3.63) is 12.3 Å². The second kappa shape index (κ2) is 6.01. The standard InChI is InChI=1S/C10H20N4O2S.ClH/c1-10(2,7-11)8-13(3)17(15,16)9-5-6-12-14(9)4;/h5-6H,7-8,11H2,1-4H3;1H. The first kappa shape index (κ1) is 17.4. The first-order valence-corrected chi connectivity index (χ1v) is 6.79. The molecule has 0 radical (unpaired) electrons. The van der Waals surface area contributed by atoms with E-state index in [1.807, 2.05) is 13.8 Å². The molecule has 0 aromatic carbocycles. The van der Waals surface area contributed by atoms with Crippen LogP contribution in [-0.4, -0.2) is 42.6 Å². The molecule has 1 aromatic heterocycles. The van der Waals surface area contributed by atoms with Crippen molar-refractivity contribution in [1.82, 2.24) is 14.1 Å². The minimum Gasteiger partial charge on any atom is -0.330 e. The highest BCUT2D eigenvalue weighted by molar-refractivity contribution is 7.89. The molecule has 1 aromatic rings. The maximum atomic E-state index is 12.2. The predicted molar refractivity (Wildman–Crippen MR) is 73.1 cm³/mol. The Morgan fingerprint density at radius 2 is 2.06 bits per heavy atom. The van der Waals surface area contributed by atoms with E-state index in [1.54, 1.807) is 14.1 Å². The summed E-state index contributed by atoms with van der Waals surface area (Å²) in [6.07, 6.45) is 1.47. The molecule has 8 heteroatoms. The second-order valence-corrected chi connectivity index (χ2v) is 6.91. The zero-order chi connectivity index (χ0) is 13.3. The van der Waals surface area contributed by atoms with Crippen LogP contribution >= 0.6 is 12.4 Å². The molecule has 0 saturated carbocycles. The number of aromatic nitrogens is 2. The highest BCUT2D eigenvalue weighted by atomic mass is 35.5. The van der Waals surface area contributed by atoms with Crippen molar-refractivity contribution in [2.75, 3.05) is 20.1 Å². The fourth-order valence-corrected chi connectivity index (χ4v) is 2.98. The monoisotopic (exact) mass is 296 g/mol. The molecule has 0 aliphatic heterocycles. The lowest BCUT2D eigenvalue weighted by Crippen LogP contribution is -2.40. The van der Waals surface area contributed by atoms with E-state index in [1.165, 1.54) is 21.3 Å². The summed E-state index contributed by atoms with van der Waals surface area (Å²) in [5, 5.41) is 4.06. The third kappa shape index (κ3) is 3.68. The van der Waals surface area contributed by atoms with E-state index in [0.29, 0.717) is 13.1 Å². The van der Waals surface area contributed by atoms with Gasteiger partial charge in [0.2, 0.25) is 0 Å². The summed E-state index contributed by atoms with van der Waals surface area (Å²) in [4.78, 5) is 0. The van der Waals surface area contributed by atoms with E-state index in [2.05, 4.69) is 5.10 Å². The van der Waals surface area contributed by atoms with Gasteiger partial charge in [0.1, 0.15) is 0 Å². The maximum absolute atomic E-state index is 12.2. The number of rotatable bonds is 5. The number of aryl methyl sites for hydroxylation is 1. The van der Waals surface area contributed by atoms with Gasteiger partial charge in [-0.3, -0.25) is 4.68 Å². The van der Waals surface area contributed by atoms with E-state index in [9.17, 15) is 8.42 Å². The Morgan fingerprint density at radius 1 is 1.50 bits per heavy atom. The minimum absolute atomic E-state index is 0. The first-order chi connectivity index (χ1) is 7.70. The summed E-state index contributed by atoms with van der Waals surface area (Å²) in [6.45, 7) is 4.67. The van der Waals surface area contributed by atoms with Crippen LogP contribution in [0.25, 0.3) is 0 Å². The molecule has 0 saturated heterocycles. The van der Waals surface area contributed by atoms with Crippen molar-refractivity contribution in [2.45, 2.75) is 18.9 Å². The van der Waals surface area contributed by atoms with Gasteiger partial charge in [-0.05, 0) is 18.0 Å². The van der Waals surface area contributed by atoms with Gasteiger partial charge in [-0.25, -0.2) is 8.42 Å². The van der Waals surface area contributed by atoms with Crippen LogP contribution in [0, 0.1) is 5.41 Å². The summed E-state index contributed by atoms with van der Waals surface area (Å²) in [6, 6.07) is 1.49. The molecule has 106 valence electrons. The highest BCUT2D eigenvalue weighted by Gasteiger charge is 2.28. The summed E-state index contributed by atoms with van der Waals surface area (Å²) >= 11 is 0. The normalized spacial score (nSPS) is 12.6. The van der Waals surface area contributed by atoms with Gasteiger partial charge in [0.05, 0.1) is 6.20 Å². The molecule has 0 fully saturated rings. The minimum atomic E-state index is -3.49. The van der Waals surface area contributed by atoms with Crippen LogP contribution in [0.1, 0.15) is 13.8 Å². The number of nitrogens with two attached hydrogens (primary N) is 1. The van der Waals surface area contributed by atoms with E-state index >= 15 is 0 Å². The Morgan fingerprint density at radius 3 is 2.44 bits per heavy atom. The van der Waals surface area contributed by atoms with E-state index < -0.39 is 10.0 Å². The smallest absolute Gasteiger partial charge is 0.259 e. The lowest BCUT2D eigenvalue weighted by molar-refractivity contribution is 0.290. The topological polar surface area (TPSA) is 81.2 Å². The lowest BCUT2D eigenvalue weighted by atomic mass is 9.94. The van der Waals surface area contributed by atoms with E-state index in [0.717, 1.165) is 0 Å². The molecule has 1 heterocycles. The van der Waals surface area contributed by atoms with Crippen LogP contribution in [0.15, 0.2) is 17.3 Å². The third-order valence-corrected chi connectivity index (χ3v) is 4.53. The molecule has 6 nitrogen and oxygen atoms in total. The Bertz CT molecular complexity index is 484. The van der Waals surface area contributed by atoms with Crippen LogP contribution in [0.5, 0.6) is 0 Å². The van der Waals surface area contributed by atoms with Gasteiger partial charge in [0.25, 0.3) is 10.0 Å². The largest absolute Gasteiger partial charge is 0.330 e. The molecule has 0 aliphatic rings. The summed E-state index contributed by atoms with van der Waals surface area (Å²) in [7, 11) is -0.330. The predicted octanol–water partition coefficient (Wildman–Crippen LogP) is 0.447. The van der Waals surface area contributed by atoms with Crippen molar-refractivity contribution in [3.8, 4) is 0 Å². The fourth-order valence-electron chi connectivity index (χ4n) is 1.53. The Kier molecular flexibility index (Phi) is 5.80. The molecular weight excluding hydrogens is 276 g/mol. The first-order valence-electron chi connectivity index (χ1n) is 5.35. The molecule has 2 N–H and O–H groups in total. The Balaban J connectivity index is 0.00000289. The van der Waals surface area contributed by atoms with Crippen molar-refractivity contribution in [3.63, 3.8) is 0 Å². The molecule has 0 atom stereocenters. The Hall–Kier alpha value is -0.630. The number of halogens is 1. The number of hydrogen-bond donors (Lipinski definition) is 1. The summed E-state index contributed by atoms with van der Waals surface area (Å²) in [5.74, 6) is 0. The van der Waals surface area contributed by atoms with Gasteiger partial charge in [-0.15, -0.1) is 12.4 Å². The highest BCUT2D eigenvalue weighted by Crippen LogP contribution is 2.19. The molecule has 0 amide bonds. The Labute approximate surface area is 115 Å². The average Bonchev–Trinajstić information content (AvgIpc) is 2.64. The number of nitrogens with zero attached hydrogens (tertiary/aromatic N) is 3. The van der Waals surface area contributed by atoms with Crippen molar-refractivity contribution in [2.24, 2.45) is 18.2 Å². The second-order valence-electron chi connectivity index (χ2n) is 4.92. The molecular formula is C10H21ClN4O2S. The summed E-state index contributed by atoms with van der Waals surface area (Å²) < 4.78 is 27.1. The molecule has 0 aliphatic carbocycles. The molecule has 0 bridgehead atoms. The average molecular weight is 297 g/mol. The van der Waals surface area contributed by atoms with E-state index in [-0.39, 0.29) is 22.8 Å². The lowest BCUT2D eigenvalue weighted by Gasteiger charge is -2.28. The van der Waals surface area contributed by atoms with Gasteiger partial charge < -0.3 is 5.73 Å². The number of hydrogen-bond acceptors (Lipinski definition) is 4. The number of sulfonamides is 1. The third-order valence-electron chi connectivity index (χ3n) is 2.65. The maximum Gasteiger partial charge on any atom is 0.259 e. The molecule has 0 spiro atoms. The van der Waals surface area contributed by atoms with Crippen LogP contribution in [-0.2, 0) is 17.1 Å². The zero-order valence-corrected chi connectivity index (χ0v) is 12.8. The molecule has 1 rings (SSSR count). The van der Waals surface area contributed by atoms with E-state index in [4.69, 9.17) is 5.73 Å². The van der Waals surface area contributed by atoms with Gasteiger partial charge in [0, 0.05) is 20.6 Å². The van der Waals surface area contributed by atoms with Crippen LogP contribution in [0.3, 0.4) is 0 Å². The van der Waals surface area contributed by atoms with Crippen molar-refractivity contribution >= 4 is 22.4 Å². The van der Waals surface area contributed by atoms with Crippen LogP contribution in [0.2, 0.25) is 0 Å². The fraction of sp³-hybridized carbons (Fsp3) is 0.700. The quantitative estimate of drug-likeness (QED) is 0.855. The summed E-state index contributed by atoms with van der Waals surface area (Å²) in [5.41, 5.74) is 5.36. The van der Waals surface area contributed by atoms with Gasteiger partial charge in [-0.1, -0.05) is 13.8 Å². The van der Waals surface area contributed by atoms with Crippen molar-refractivity contribution < 1.29 is 8.42 Å². The molecule has 0 unspecified atom stereocenters. The SMILES string of the molecule is CN(CC(C)(C)CN)S(=O)(=O)c1ccnn1C.Cl. The molecule has 18 heavy (non-hydrogen) atoms. The van der Waals surface area contributed by atoms with Crippen LogP contribution in [0.4, 0.5) is 0 Å².